The lowest BCUT2D eigenvalue weighted by molar-refractivity contribution is 0.0681. The van der Waals surface area contributed by atoms with Gasteiger partial charge in [-0.05, 0) is 44.7 Å². The minimum Gasteiger partial charge on any atom is -0.395 e. The van der Waals surface area contributed by atoms with Crippen molar-refractivity contribution < 1.29 is 9.90 Å². The van der Waals surface area contributed by atoms with E-state index in [9.17, 15) is 4.79 Å². The number of aliphatic hydroxyl groups is 1. The molecule has 0 spiro atoms. The van der Waals surface area contributed by atoms with E-state index in [4.69, 9.17) is 5.11 Å². The van der Waals surface area contributed by atoms with Crippen LogP contribution in [0.5, 0.6) is 0 Å². The summed E-state index contributed by atoms with van der Waals surface area (Å²) in [6.07, 6.45) is 3.69. The zero-order valence-corrected chi connectivity index (χ0v) is 13.8. The Bertz CT molecular complexity index is 567. The highest BCUT2D eigenvalue weighted by atomic mass is 32.1. The number of thiophene rings is 1. The first-order valence-electron chi connectivity index (χ1n) is 7.61. The van der Waals surface area contributed by atoms with Crippen LogP contribution in [-0.4, -0.2) is 34.6 Å². The summed E-state index contributed by atoms with van der Waals surface area (Å²) in [4.78, 5) is 16.5. The Labute approximate surface area is 131 Å². The van der Waals surface area contributed by atoms with Crippen molar-refractivity contribution in [2.45, 2.75) is 58.5 Å². The van der Waals surface area contributed by atoms with Crippen LogP contribution in [-0.2, 0) is 0 Å². The number of carbonyl (C=O) groups excluding carboxylic acids is 1. The minimum atomic E-state index is 0.0761. The van der Waals surface area contributed by atoms with Gasteiger partial charge in [0.05, 0.1) is 16.4 Å². The van der Waals surface area contributed by atoms with Crippen molar-refractivity contribution in [1.29, 1.82) is 0 Å². The molecule has 2 rings (SSSR count). The predicted octanol–water partition coefficient (Wildman–Crippen LogP) is 3.19. The standard InChI is InChI=1S/C17H23NO2S/c1-4-14-9-8-13(3)18(14)17(20)16-11-12(2)15(21-16)7-5-6-10-19/h11,13-14,19H,4,6,8-10H2,1-3H3. The van der Waals surface area contributed by atoms with Gasteiger partial charge in [0, 0.05) is 18.5 Å². The van der Waals surface area contributed by atoms with Gasteiger partial charge in [0.25, 0.3) is 5.91 Å². The van der Waals surface area contributed by atoms with Gasteiger partial charge in [-0.3, -0.25) is 4.79 Å². The summed E-state index contributed by atoms with van der Waals surface area (Å²) in [5, 5.41) is 8.78. The monoisotopic (exact) mass is 305 g/mol. The molecule has 1 amide bonds. The number of rotatable bonds is 3. The molecule has 1 aromatic heterocycles. The van der Waals surface area contributed by atoms with E-state index in [1.54, 1.807) is 0 Å². The van der Waals surface area contributed by atoms with Crippen molar-refractivity contribution in [1.82, 2.24) is 4.90 Å². The highest BCUT2D eigenvalue weighted by Gasteiger charge is 2.34. The molecule has 1 saturated heterocycles. The highest BCUT2D eigenvalue weighted by Crippen LogP contribution is 2.30. The first-order chi connectivity index (χ1) is 10.1. The van der Waals surface area contributed by atoms with Gasteiger partial charge in [-0.15, -0.1) is 11.3 Å². The van der Waals surface area contributed by atoms with Crippen molar-refractivity contribution in [2.75, 3.05) is 6.61 Å². The second kappa shape index (κ2) is 7.11. The highest BCUT2D eigenvalue weighted by molar-refractivity contribution is 7.14. The molecule has 2 heterocycles. The molecule has 1 aliphatic heterocycles. The van der Waals surface area contributed by atoms with Crippen LogP contribution < -0.4 is 0 Å². The maximum atomic E-state index is 12.8. The SMILES string of the molecule is CCC1CCC(C)N1C(=O)c1cc(C)c(C#CCCO)s1. The molecule has 1 aromatic rings. The van der Waals surface area contributed by atoms with E-state index in [0.717, 1.165) is 34.6 Å². The van der Waals surface area contributed by atoms with Crippen molar-refractivity contribution in [3.63, 3.8) is 0 Å². The number of aryl methyl sites for hydroxylation is 1. The number of likely N-dealkylation sites (tertiary alicyclic amines) is 1. The van der Waals surface area contributed by atoms with E-state index in [2.05, 4.69) is 30.6 Å². The Kier molecular flexibility index (Phi) is 5.44. The van der Waals surface area contributed by atoms with Crippen LogP contribution in [0, 0.1) is 18.8 Å². The molecule has 2 atom stereocenters. The molecule has 1 aliphatic rings. The van der Waals surface area contributed by atoms with Gasteiger partial charge < -0.3 is 10.0 Å². The molecule has 0 aliphatic carbocycles. The molecule has 3 nitrogen and oxygen atoms in total. The van der Waals surface area contributed by atoms with Crippen molar-refractivity contribution in [3.8, 4) is 11.8 Å². The van der Waals surface area contributed by atoms with E-state index in [1.807, 2.05) is 13.0 Å². The van der Waals surface area contributed by atoms with Gasteiger partial charge in [0.2, 0.25) is 0 Å². The van der Waals surface area contributed by atoms with Crippen LogP contribution in [0.25, 0.3) is 0 Å². The molecule has 0 bridgehead atoms. The van der Waals surface area contributed by atoms with Crippen LogP contribution in [0.2, 0.25) is 0 Å². The van der Waals surface area contributed by atoms with Crippen molar-refractivity contribution in [2.24, 2.45) is 0 Å². The number of aliphatic hydroxyl groups excluding tert-OH is 1. The van der Waals surface area contributed by atoms with Gasteiger partial charge in [0.15, 0.2) is 0 Å². The van der Waals surface area contributed by atoms with Gasteiger partial charge in [-0.25, -0.2) is 0 Å². The Hall–Kier alpha value is -1.31. The summed E-state index contributed by atoms with van der Waals surface area (Å²) >= 11 is 1.47. The molecule has 0 saturated carbocycles. The van der Waals surface area contributed by atoms with E-state index in [1.165, 1.54) is 11.3 Å². The van der Waals surface area contributed by atoms with Crippen LogP contribution >= 0.6 is 11.3 Å². The Morgan fingerprint density at radius 3 is 2.95 bits per heavy atom. The van der Waals surface area contributed by atoms with E-state index >= 15 is 0 Å². The lowest BCUT2D eigenvalue weighted by Crippen LogP contribution is -2.39. The van der Waals surface area contributed by atoms with E-state index in [0.29, 0.717) is 18.5 Å². The maximum Gasteiger partial charge on any atom is 0.264 e. The predicted molar refractivity (Wildman–Crippen MR) is 86.6 cm³/mol. The van der Waals surface area contributed by atoms with Crippen molar-refractivity contribution >= 4 is 17.2 Å². The third kappa shape index (κ3) is 3.48. The van der Waals surface area contributed by atoms with Crippen molar-refractivity contribution in [3.05, 3.63) is 21.4 Å². The third-order valence-electron chi connectivity index (χ3n) is 4.06. The van der Waals surface area contributed by atoms with Crippen LogP contribution in [0.1, 0.15) is 59.6 Å². The van der Waals surface area contributed by atoms with E-state index < -0.39 is 0 Å². The summed E-state index contributed by atoms with van der Waals surface area (Å²) in [5.41, 5.74) is 1.05. The summed E-state index contributed by atoms with van der Waals surface area (Å²) in [6.45, 7) is 6.35. The smallest absolute Gasteiger partial charge is 0.264 e. The second-order valence-electron chi connectivity index (χ2n) is 5.60. The molecule has 2 unspecified atom stereocenters. The fourth-order valence-electron chi connectivity index (χ4n) is 2.88. The quantitative estimate of drug-likeness (QED) is 0.871. The van der Waals surface area contributed by atoms with Gasteiger partial charge >= 0.3 is 0 Å². The number of hydrogen-bond acceptors (Lipinski definition) is 3. The number of carbonyl (C=O) groups is 1. The van der Waals surface area contributed by atoms with Gasteiger partial charge in [0.1, 0.15) is 0 Å². The van der Waals surface area contributed by atoms with Crippen LogP contribution in [0.4, 0.5) is 0 Å². The zero-order valence-electron chi connectivity index (χ0n) is 13.0. The fourth-order valence-corrected chi connectivity index (χ4v) is 3.87. The van der Waals surface area contributed by atoms with E-state index in [-0.39, 0.29) is 12.5 Å². The largest absolute Gasteiger partial charge is 0.395 e. The summed E-state index contributed by atoms with van der Waals surface area (Å²) in [7, 11) is 0. The molecule has 4 heteroatoms. The molecule has 1 N–H and O–H groups in total. The molecule has 21 heavy (non-hydrogen) atoms. The first kappa shape index (κ1) is 16.1. The minimum absolute atomic E-state index is 0.0761. The third-order valence-corrected chi connectivity index (χ3v) is 5.20. The summed E-state index contributed by atoms with van der Waals surface area (Å²) < 4.78 is 0. The Morgan fingerprint density at radius 2 is 2.29 bits per heavy atom. The summed E-state index contributed by atoms with van der Waals surface area (Å²) in [6, 6.07) is 2.65. The zero-order chi connectivity index (χ0) is 15.4. The molecular formula is C17H23NO2S. The Balaban J connectivity index is 2.20. The fraction of sp³-hybridized carbons (Fsp3) is 0.588. The lowest BCUT2D eigenvalue weighted by Gasteiger charge is -2.27. The molecule has 1 fully saturated rings. The second-order valence-corrected chi connectivity index (χ2v) is 6.65. The topological polar surface area (TPSA) is 40.5 Å². The first-order valence-corrected chi connectivity index (χ1v) is 8.43. The average molecular weight is 305 g/mol. The van der Waals surface area contributed by atoms with Crippen LogP contribution in [0.15, 0.2) is 6.07 Å². The van der Waals surface area contributed by atoms with Gasteiger partial charge in [-0.1, -0.05) is 18.8 Å². The molecule has 114 valence electrons. The lowest BCUT2D eigenvalue weighted by atomic mass is 10.1. The number of hydrogen-bond donors (Lipinski definition) is 1. The number of amides is 1. The average Bonchev–Trinajstić information content (AvgIpc) is 3.02. The summed E-state index contributed by atoms with van der Waals surface area (Å²) in [5.74, 6) is 6.13. The molecule has 0 radical (unpaired) electrons. The molecular weight excluding hydrogens is 282 g/mol. The maximum absolute atomic E-state index is 12.8. The molecule has 0 aromatic carbocycles. The number of nitrogens with zero attached hydrogens (tertiary/aromatic N) is 1. The Morgan fingerprint density at radius 1 is 1.52 bits per heavy atom. The van der Waals surface area contributed by atoms with Gasteiger partial charge in [-0.2, -0.15) is 0 Å². The van der Waals surface area contributed by atoms with Crippen LogP contribution in [0.3, 0.4) is 0 Å². The normalized spacial score (nSPS) is 21.2.